The minimum Gasteiger partial charge on any atom is -0.487 e. The van der Waals surface area contributed by atoms with E-state index in [9.17, 15) is 4.79 Å². The standard InChI is InChI=1S/C20H32N2O3/c1-18(2,3)25-17(23)22-19(4,5)13-21-15-12-20(6,7)24-16-11-9-8-10-14(15)16/h8-11,15,21H,12-13H2,1-7H3,(H,22,23). The molecule has 140 valence electrons. The molecule has 5 heteroatoms. The second-order valence-electron chi connectivity index (χ2n) is 9.05. The highest BCUT2D eigenvalue weighted by atomic mass is 16.6. The highest BCUT2D eigenvalue weighted by Gasteiger charge is 2.34. The summed E-state index contributed by atoms with van der Waals surface area (Å²) in [5.41, 5.74) is 0.000971. The Bertz CT molecular complexity index is 618. The first kappa shape index (κ1) is 19.6. The van der Waals surface area contributed by atoms with Gasteiger partial charge in [-0.25, -0.2) is 4.79 Å². The van der Waals surface area contributed by atoms with Gasteiger partial charge in [0.15, 0.2) is 0 Å². The second kappa shape index (κ2) is 6.87. The Labute approximate surface area is 151 Å². The molecule has 0 aliphatic carbocycles. The van der Waals surface area contributed by atoms with E-state index in [4.69, 9.17) is 9.47 Å². The molecule has 2 N–H and O–H groups in total. The van der Waals surface area contributed by atoms with Crippen molar-refractivity contribution in [2.75, 3.05) is 6.54 Å². The summed E-state index contributed by atoms with van der Waals surface area (Å²) in [6, 6.07) is 8.30. The van der Waals surface area contributed by atoms with Crippen molar-refractivity contribution in [3.63, 3.8) is 0 Å². The van der Waals surface area contributed by atoms with Crippen LogP contribution in [0.3, 0.4) is 0 Å². The summed E-state index contributed by atoms with van der Waals surface area (Å²) in [6.07, 6.45) is 0.471. The van der Waals surface area contributed by atoms with Crippen molar-refractivity contribution in [3.8, 4) is 5.75 Å². The number of hydrogen-bond acceptors (Lipinski definition) is 4. The third-order valence-corrected chi connectivity index (χ3v) is 4.01. The van der Waals surface area contributed by atoms with Crippen molar-refractivity contribution in [1.29, 1.82) is 0 Å². The largest absolute Gasteiger partial charge is 0.487 e. The van der Waals surface area contributed by atoms with Crippen LogP contribution < -0.4 is 15.4 Å². The zero-order chi connectivity index (χ0) is 18.9. The van der Waals surface area contributed by atoms with Gasteiger partial charge in [-0.15, -0.1) is 0 Å². The fraction of sp³-hybridized carbons (Fsp3) is 0.650. The normalized spacial score (nSPS) is 19.6. The highest BCUT2D eigenvalue weighted by Crippen LogP contribution is 2.39. The monoisotopic (exact) mass is 348 g/mol. The number of para-hydroxylation sites is 1. The molecule has 1 heterocycles. The summed E-state index contributed by atoms with van der Waals surface area (Å²) in [5.74, 6) is 0.925. The van der Waals surface area contributed by atoms with Crippen molar-refractivity contribution in [1.82, 2.24) is 10.6 Å². The van der Waals surface area contributed by atoms with E-state index < -0.39 is 17.2 Å². The zero-order valence-electron chi connectivity index (χ0n) is 16.5. The van der Waals surface area contributed by atoms with E-state index in [0.717, 1.165) is 17.7 Å². The molecule has 0 aromatic heterocycles. The van der Waals surface area contributed by atoms with Crippen LogP contribution in [0.15, 0.2) is 24.3 Å². The highest BCUT2D eigenvalue weighted by molar-refractivity contribution is 5.68. The Morgan fingerprint density at radius 3 is 2.52 bits per heavy atom. The summed E-state index contributed by atoms with van der Waals surface area (Å²) < 4.78 is 11.4. The Morgan fingerprint density at radius 1 is 1.24 bits per heavy atom. The Hall–Kier alpha value is -1.75. The lowest BCUT2D eigenvalue weighted by Gasteiger charge is -2.39. The predicted octanol–water partition coefficient (Wildman–Crippen LogP) is 4.18. The quantitative estimate of drug-likeness (QED) is 0.857. The lowest BCUT2D eigenvalue weighted by atomic mass is 9.89. The predicted molar refractivity (Wildman–Crippen MR) is 100.0 cm³/mol. The third kappa shape index (κ3) is 5.92. The van der Waals surface area contributed by atoms with Crippen molar-refractivity contribution in [3.05, 3.63) is 29.8 Å². The molecule has 0 spiro atoms. The fourth-order valence-electron chi connectivity index (χ4n) is 2.99. The summed E-state index contributed by atoms with van der Waals surface area (Å²) in [7, 11) is 0. The third-order valence-electron chi connectivity index (χ3n) is 4.01. The molecule has 0 saturated carbocycles. The number of rotatable bonds is 4. The maximum absolute atomic E-state index is 12.0. The number of amides is 1. The molecule has 1 unspecified atom stereocenters. The Morgan fingerprint density at radius 2 is 1.88 bits per heavy atom. The van der Waals surface area contributed by atoms with Gasteiger partial charge < -0.3 is 20.1 Å². The molecule has 1 aromatic rings. The van der Waals surface area contributed by atoms with E-state index in [0.29, 0.717) is 6.54 Å². The number of alkyl carbamates (subject to hydrolysis) is 1. The summed E-state index contributed by atoms with van der Waals surface area (Å²) in [5, 5.41) is 6.53. The molecule has 1 aliphatic rings. The van der Waals surface area contributed by atoms with E-state index in [1.165, 1.54) is 0 Å². The molecule has 0 fully saturated rings. The average Bonchev–Trinajstić information content (AvgIpc) is 2.40. The fourth-order valence-corrected chi connectivity index (χ4v) is 2.99. The van der Waals surface area contributed by atoms with Crippen LogP contribution in [-0.4, -0.2) is 29.4 Å². The van der Waals surface area contributed by atoms with Gasteiger partial charge in [-0.3, -0.25) is 0 Å². The molecule has 1 aliphatic heterocycles. The van der Waals surface area contributed by atoms with Gasteiger partial charge in [-0.1, -0.05) is 18.2 Å². The van der Waals surface area contributed by atoms with E-state index in [1.54, 1.807) is 0 Å². The number of benzene rings is 1. The molecule has 1 atom stereocenters. The van der Waals surface area contributed by atoms with Gasteiger partial charge in [0, 0.05) is 24.6 Å². The molecular formula is C20H32N2O3. The topological polar surface area (TPSA) is 59.6 Å². The van der Waals surface area contributed by atoms with Crippen LogP contribution >= 0.6 is 0 Å². The van der Waals surface area contributed by atoms with Crippen LogP contribution in [-0.2, 0) is 4.74 Å². The van der Waals surface area contributed by atoms with Gasteiger partial charge in [-0.05, 0) is 54.5 Å². The maximum atomic E-state index is 12.0. The van der Waals surface area contributed by atoms with Crippen LogP contribution in [0.4, 0.5) is 4.79 Å². The lowest BCUT2D eigenvalue weighted by Crippen LogP contribution is -2.53. The van der Waals surface area contributed by atoms with Crippen molar-refractivity contribution < 1.29 is 14.3 Å². The summed E-state index contributed by atoms with van der Waals surface area (Å²) >= 11 is 0. The van der Waals surface area contributed by atoms with Gasteiger partial charge in [-0.2, -0.15) is 0 Å². The average molecular weight is 348 g/mol. The number of hydrogen-bond donors (Lipinski definition) is 2. The van der Waals surface area contributed by atoms with Crippen LogP contribution in [0.25, 0.3) is 0 Å². The first-order valence-electron chi connectivity index (χ1n) is 8.89. The first-order valence-corrected chi connectivity index (χ1v) is 8.89. The molecule has 2 rings (SSSR count). The van der Waals surface area contributed by atoms with Crippen molar-refractivity contribution in [2.24, 2.45) is 0 Å². The number of fused-ring (bicyclic) bond motifs is 1. The number of carbonyl (C=O) groups excluding carboxylic acids is 1. The summed E-state index contributed by atoms with van der Waals surface area (Å²) in [6.45, 7) is 14.4. The minimum absolute atomic E-state index is 0.180. The van der Waals surface area contributed by atoms with E-state index >= 15 is 0 Å². The molecule has 1 amide bonds. The van der Waals surface area contributed by atoms with E-state index in [1.807, 2.05) is 52.8 Å². The van der Waals surface area contributed by atoms with Crippen molar-refractivity contribution in [2.45, 2.75) is 77.7 Å². The van der Waals surface area contributed by atoms with Crippen LogP contribution in [0.2, 0.25) is 0 Å². The van der Waals surface area contributed by atoms with Gasteiger partial charge in [0.05, 0.1) is 5.54 Å². The smallest absolute Gasteiger partial charge is 0.408 e. The molecule has 1 aromatic carbocycles. The van der Waals surface area contributed by atoms with E-state index in [2.05, 4.69) is 30.5 Å². The molecule has 5 nitrogen and oxygen atoms in total. The van der Waals surface area contributed by atoms with Crippen LogP contribution in [0.5, 0.6) is 5.75 Å². The zero-order valence-corrected chi connectivity index (χ0v) is 16.5. The minimum atomic E-state index is -0.503. The molecule has 0 radical (unpaired) electrons. The number of carbonyl (C=O) groups is 1. The number of ether oxygens (including phenoxy) is 2. The van der Waals surface area contributed by atoms with Gasteiger partial charge in [0.1, 0.15) is 17.0 Å². The molecular weight excluding hydrogens is 316 g/mol. The second-order valence-corrected chi connectivity index (χ2v) is 9.05. The van der Waals surface area contributed by atoms with Crippen LogP contribution in [0, 0.1) is 0 Å². The van der Waals surface area contributed by atoms with E-state index in [-0.39, 0.29) is 11.6 Å². The van der Waals surface area contributed by atoms with Gasteiger partial charge >= 0.3 is 6.09 Å². The molecule has 0 saturated heterocycles. The Kier molecular flexibility index (Phi) is 5.38. The lowest BCUT2D eigenvalue weighted by molar-refractivity contribution is 0.0454. The van der Waals surface area contributed by atoms with Crippen molar-refractivity contribution >= 4 is 6.09 Å². The Balaban J connectivity index is 2.01. The summed E-state index contributed by atoms with van der Waals surface area (Å²) in [4.78, 5) is 12.0. The number of nitrogens with one attached hydrogen (secondary N) is 2. The molecule has 25 heavy (non-hydrogen) atoms. The van der Waals surface area contributed by atoms with Crippen LogP contribution in [0.1, 0.15) is 66.5 Å². The SMILES string of the molecule is CC(C)(CNC1CC(C)(C)Oc2ccccc21)NC(=O)OC(C)(C)C. The first-order chi connectivity index (χ1) is 11.4. The van der Waals surface area contributed by atoms with Gasteiger partial charge in [0.2, 0.25) is 0 Å². The molecule has 0 bridgehead atoms. The van der Waals surface area contributed by atoms with Gasteiger partial charge in [0.25, 0.3) is 0 Å². The maximum Gasteiger partial charge on any atom is 0.408 e.